The van der Waals surface area contributed by atoms with Crippen molar-refractivity contribution in [2.45, 2.75) is 0 Å². The second kappa shape index (κ2) is 6.95. The molecule has 0 bridgehead atoms. The third-order valence-electron chi connectivity index (χ3n) is 4.28. The van der Waals surface area contributed by atoms with Gasteiger partial charge in [0.25, 0.3) is 0 Å². The number of nitrogens with one attached hydrogen (secondary N) is 1. The molecule has 0 amide bonds. The van der Waals surface area contributed by atoms with Gasteiger partial charge in [0.2, 0.25) is 5.88 Å². The molecule has 1 N–H and O–H groups in total. The number of ether oxygens (including phenoxy) is 1. The number of anilines is 3. The van der Waals surface area contributed by atoms with E-state index in [1.165, 1.54) is 0 Å². The number of fused-ring (bicyclic) bond motifs is 1. The molecule has 136 valence electrons. The molecule has 1 aromatic carbocycles. The molecule has 0 radical (unpaired) electrons. The highest BCUT2D eigenvalue weighted by Gasteiger charge is 2.10. The number of aromatic nitrogens is 4. The van der Waals surface area contributed by atoms with Crippen molar-refractivity contribution in [3.8, 4) is 17.0 Å². The van der Waals surface area contributed by atoms with Gasteiger partial charge in [0.15, 0.2) is 5.65 Å². The molecule has 3 heterocycles. The Balaban J connectivity index is 1.66. The molecule has 0 aliphatic heterocycles. The zero-order chi connectivity index (χ0) is 18.8. The first-order valence-electron chi connectivity index (χ1n) is 8.53. The van der Waals surface area contributed by atoms with Gasteiger partial charge < -0.3 is 15.0 Å². The zero-order valence-corrected chi connectivity index (χ0v) is 15.4. The smallest absolute Gasteiger partial charge is 0.213 e. The van der Waals surface area contributed by atoms with E-state index in [0.29, 0.717) is 5.88 Å². The van der Waals surface area contributed by atoms with Crippen LogP contribution in [0.15, 0.2) is 61.1 Å². The second-order valence-electron chi connectivity index (χ2n) is 6.29. The Labute approximate surface area is 157 Å². The molecule has 0 unspecified atom stereocenters. The van der Waals surface area contributed by atoms with Crippen LogP contribution in [0.4, 0.5) is 17.2 Å². The van der Waals surface area contributed by atoms with Crippen molar-refractivity contribution in [2.75, 3.05) is 31.4 Å². The number of benzene rings is 1. The van der Waals surface area contributed by atoms with Crippen LogP contribution in [-0.4, -0.2) is 40.8 Å². The van der Waals surface area contributed by atoms with Gasteiger partial charge in [0, 0.05) is 37.6 Å². The average Bonchev–Trinajstić information content (AvgIpc) is 3.12. The van der Waals surface area contributed by atoms with Gasteiger partial charge in [-0.1, -0.05) is 12.1 Å². The summed E-state index contributed by atoms with van der Waals surface area (Å²) in [5, 5.41) is 7.67. The van der Waals surface area contributed by atoms with Gasteiger partial charge >= 0.3 is 0 Å². The summed E-state index contributed by atoms with van der Waals surface area (Å²) >= 11 is 0. The summed E-state index contributed by atoms with van der Waals surface area (Å²) in [5.41, 5.74) is 4.84. The fourth-order valence-electron chi connectivity index (χ4n) is 2.80. The van der Waals surface area contributed by atoms with E-state index in [4.69, 9.17) is 9.72 Å². The van der Waals surface area contributed by atoms with E-state index in [9.17, 15) is 0 Å². The Kier molecular flexibility index (Phi) is 4.33. The van der Waals surface area contributed by atoms with Gasteiger partial charge in [-0.2, -0.15) is 5.10 Å². The van der Waals surface area contributed by atoms with Gasteiger partial charge in [-0.05, 0) is 29.8 Å². The number of rotatable bonds is 5. The first kappa shape index (κ1) is 16.8. The van der Waals surface area contributed by atoms with Gasteiger partial charge in [-0.15, -0.1) is 0 Å². The van der Waals surface area contributed by atoms with Crippen LogP contribution in [0, 0.1) is 0 Å². The molecule has 27 heavy (non-hydrogen) atoms. The molecular formula is C20H20N6O. The van der Waals surface area contributed by atoms with Crippen LogP contribution >= 0.6 is 0 Å². The molecule has 0 saturated heterocycles. The van der Waals surface area contributed by atoms with Crippen LogP contribution in [0.5, 0.6) is 5.88 Å². The molecule has 0 saturated carbocycles. The minimum Gasteiger partial charge on any atom is -0.481 e. The lowest BCUT2D eigenvalue weighted by molar-refractivity contribution is 0.398. The highest BCUT2D eigenvalue weighted by Crippen LogP contribution is 2.26. The number of hydrogen-bond acceptors (Lipinski definition) is 6. The highest BCUT2D eigenvalue weighted by molar-refractivity contribution is 5.79. The minimum atomic E-state index is 0.572. The number of nitrogens with zero attached hydrogens (tertiary/aromatic N) is 5. The summed E-state index contributed by atoms with van der Waals surface area (Å²) in [5.74, 6) is 1.30. The van der Waals surface area contributed by atoms with E-state index in [2.05, 4.69) is 44.6 Å². The van der Waals surface area contributed by atoms with Crippen molar-refractivity contribution >= 4 is 22.8 Å². The second-order valence-corrected chi connectivity index (χ2v) is 6.29. The third-order valence-corrected chi connectivity index (χ3v) is 4.28. The van der Waals surface area contributed by atoms with Gasteiger partial charge in [0.1, 0.15) is 5.82 Å². The number of hydrogen-bond donors (Lipinski definition) is 1. The van der Waals surface area contributed by atoms with Crippen molar-refractivity contribution in [3.05, 3.63) is 61.1 Å². The molecule has 7 nitrogen and oxygen atoms in total. The molecule has 0 aliphatic rings. The summed E-state index contributed by atoms with van der Waals surface area (Å²) in [6.07, 6.45) is 5.44. The minimum absolute atomic E-state index is 0.572. The first-order chi connectivity index (χ1) is 13.1. The Hall–Kier alpha value is -3.61. The van der Waals surface area contributed by atoms with E-state index < -0.39 is 0 Å². The summed E-state index contributed by atoms with van der Waals surface area (Å²) < 4.78 is 6.86. The summed E-state index contributed by atoms with van der Waals surface area (Å²) in [4.78, 5) is 11.0. The Morgan fingerprint density at radius 1 is 1.00 bits per heavy atom. The van der Waals surface area contributed by atoms with Crippen molar-refractivity contribution < 1.29 is 4.74 Å². The average molecular weight is 360 g/mol. The molecule has 0 spiro atoms. The van der Waals surface area contributed by atoms with Crippen molar-refractivity contribution in [1.82, 2.24) is 19.6 Å². The summed E-state index contributed by atoms with van der Waals surface area (Å²) in [7, 11) is 5.65. The van der Waals surface area contributed by atoms with Crippen LogP contribution in [-0.2, 0) is 0 Å². The van der Waals surface area contributed by atoms with E-state index in [0.717, 1.165) is 34.0 Å². The van der Waals surface area contributed by atoms with E-state index in [-0.39, 0.29) is 0 Å². The van der Waals surface area contributed by atoms with E-state index >= 15 is 0 Å². The summed E-state index contributed by atoms with van der Waals surface area (Å²) in [6.45, 7) is 0. The van der Waals surface area contributed by atoms with Crippen molar-refractivity contribution in [3.63, 3.8) is 0 Å². The zero-order valence-electron chi connectivity index (χ0n) is 15.4. The lowest BCUT2D eigenvalue weighted by Crippen LogP contribution is -2.07. The van der Waals surface area contributed by atoms with Crippen LogP contribution in [0.3, 0.4) is 0 Å². The molecule has 0 aliphatic carbocycles. The van der Waals surface area contributed by atoms with Crippen LogP contribution in [0.1, 0.15) is 0 Å². The third kappa shape index (κ3) is 3.39. The highest BCUT2D eigenvalue weighted by atomic mass is 16.5. The topological polar surface area (TPSA) is 67.6 Å². The molecule has 0 atom stereocenters. The van der Waals surface area contributed by atoms with E-state index in [1.54, 1.807) is 23.9 Å². The van der Waals surface area contributed by atoms with Gasteiger partial charge in [-0.25, -0.2) is 14.5 Å². The Morgan fingerprint density at radius 3 is 2.48 bits per heavy atom. The Morgan fingerprint density at radius 2 is 1.81 bits per heavy atom. The lowest BCUT2D eigenvalue weighted by atomic mass is 10.1. The van der Waals surface area contributed by atoms with Gasteiger partial charge in [0.05, 0.1) is 25.2 Å². The molecule has 4 rings (SSSR count). The monoisotopic (exact) mass is 360 g/mol. The normalized spacial score (nSPS) is 10.8. The standard InChI is InChI=1S/C20H20N6O/c1-25(2)16-7-4-14(5-8-16)17-13-22-26-11-10-18(24-20(17)26)23-15-6-9-19(27-3)21-12-15/h4-13H,1-3H3,(H,23,24). The lowest BCUT2D eigenvalue weighted by Gasteiger charge is -2.12. The maximum absolute atomic E-state index is 5.09. The molecule has 4 aromatic rings. The first-order valence-corrected chi connectivity index (χ1v) is 8.53. The number of pyridine rings is 1. The van der Waals surface area contributed by atoms with Crippen LogP contribution in [0.2, 0.25) is 0 Å². The maximum Gasteiger partial charge on any atom is 0.213 e. The summed E-state index contributed by atoms with van der Waals surface area (Å²) in [6, 6.07) is 13.9. The SMILES string of the molecule is COc1ccc(Nc2ccn3ncc(-c4ccc(N(C)C)cc4)c3n2)cn1. The van der Waals surface area contributed by atoms with Gasteiger partial charge in [-0.3, -0.25) is 0 Å². The van der Waals surface area contributed by atoms with Crippen molar-refractivity contribution in [1.29, 1.82) is 0 Å². The molecule has 3 aromatic heterocycles. The van der Waals surface area contributed by atoms with E-state index in [1.807, 2.05) is 38.6 Å². The molecular weight excluding hydrogens is 340 g/mol. The number of methoxy groups -OCH3 is 1. The van der Waals surface area contributed by atoms with Crippen LogP contribution < -0.4 is 15.0 Å². The maximum atomic E-state index is 5.09. The predicted octanol–water partition coefficient (Wildman–Crippen LogP) is 3.61. The van der Waals surface area contributed by atoms with Crippen LogP contribution in [0.25, 0.3) is 16.8 Å². The fraction of sp³-hybridized carbons (Fsp3) is 0.150. The largest absolute Gasteiger partial charge is 0.481 e. The van der Waals surface area contributed by atoms with Crippen molar-refractivity contribution in [2.24, 2.45) is 0 Å². The quantitative estimate of drug-likeness (QED) is 0.586. The fourth-order valence-corrected chi connectivity index (χ4v) is 2.80. The molecule has 0 fully saturated rings. The predicted molar refractivity (Wildman–Crippen MR) is 107 cm³/mol. The Bertz CT molecular complexity index is 1050. The molecule has 7 heteroatoms.